The molecule has 2 aromatic carbocycles. The SMILES string of the molecule is Cc1ccc(NC(C)Nc2ccccc2O)cc1. The molecule has 0 aliphatic carbocycles. The summed E-state index contributed by atoms with van der Waals surface area (Å²) in [5, 5.41) is 16.2. The molecule has 3 nitrogen and oxygen atoms in total. The van der Waals surface area contributed by atoms with Crippen molar-refractivity contribution >= 4 is 11.4 Å². The van der Waals surface area contributed by atoms with Gasteiger partial charge >= 0.3 is 0 Å². The Morgan fingerprint density at radius 3 is 2.28 bits per heavy atom. The molecule has 0 spiro atoms. The number of nitrogens with one attached hydrogen (secondary N) is 2. The summed E-state index contributed by atoms with van der Waals surface area (Å²) in [5.74, 6) is 0.259. The molecule has 0 bridgehead atoms. The van der Waals surface area contributed by atoms with E-state index in [4.69, 9.17) is 0 Å². The van der Waals surface area contributed by atoms with Crippen LogP contribution in [0.15, 0.2) is 48.5 Å². The Morgan fingerprint density at radius 2 is 1.61 bits per heavy atom. The zero-order valence-electron chi connectivity index (χ0n) is 10.6. The second-order valence-corrected chi connectivity index (χ2v) is 4.39. The fourth-order valence-corrected chi connectivity index (χ4v) is 1.76. The number of rotatable bonds is 4. The number of benzene rings is 2. The highest BCUT2D eigenvalue weighted by Crippen LogP contribution is 2.22. The van der Waals surface area contributed by atoms with Crippen LogP contribution in [-0.4, -0.2) is 11.3 Å². The second-order valence-electron chi connectivity index (χ2n) is 4.39. The lowest BCUT2D eigenvalue weighted by molar-refractivity contribution is 0.477. The van der Waals surface area contributed by atoms with E-state index in [2.05, 4.69) is 29.7 Å². The third-order valence-electron chi connectivity index (χ3n) is 2.71. The third kappa shape index (κ3) is 3.17. The summed E-state index contributed by atoms with van der Waals surface area (Å²) in [5.41, 5.74) is 3.02. The van der Waals surface area contributed by atoms with Crippen molar-refractivity contribution in [1.29, 1.82) is 0 Å². The number of aromatic hydroxyl groups is 1. The van der Waals surface area contributed by atoms with E-state index in [1.54, 1.807) is 12.1 Å². The number of phenols is 1. The van der Waals surface area contributed by atoms with Crippen LogP contribution < -0.4 is 10.6 Å². The van der Waals surface area contributed by atoms with E-state index in [0.29, 0.717) is 0 Å². The molecule has 2 rings (SSSR count). The Labute approximate surface area is 107 Å². The first-order valence-electron chi connectivity index (χ1n) is 6.03. The molecule has 0 aromatic heterocycles. The number of aryl methyl sites for hydroxylation is 1. The molecule has 1 atom stereocenters. The molecule has 0 aliphatic rings. The van der Waals surface area contributed by atoms with Gasteiger partial charge in [-0.2, -0.15) is 0 Å². The molecule has 0 saturated carbocycles. The molecule has 1 unspecified atom stereocenters. The quantitative estimate of drug-likeness (QED) is 0.567. The van der Waals surface area contributed by atoms with Crippen LogP contribution in [0.1, 0.15) is 12.5 Å². The smallest absolute Gasteiger partial charge is 0.138 e. The van der Waals surface area contributed by atoms with Crippen LogP contribution in [0.2, 0.25) is 0 Å². The first kappa shape index (κ1) is 12.3. The Hall–Kier alpha value is -2.16. The van der Waals surface area contributed by atoms with Crippen LogP contribution >= 0.6 is 0 Å². The summed E-state index contributed by atoms with van der Waals surface area (Å²) in [7, 11) is 0. The van der Waals surface area contributed by atoms with Crippen molar-refractivity contribution in [3.63, 3.8) is 0 Å². The van der Waals surface area contributed by atoms with E-state index >= 15 is 0 Å². The van der Waals surface area contributed by atoms with Crippen molar-refractivity contribution in [2.45, 2.75) is 20.0 Å². The zero-order chi connectivity index (χ0) is 13.0. The average Bonchev–Trinajstić information content (AvgIpc) is 2.35. The molecule has 18 heavy (non-hydrogen) atoms. The van der Waals surface area contributed by atoms with Crippen LogP contribution in [0, 0.1) is 6.92 Å². The topological polar surface area (TPSA) is 44.3 Å². The molecular weight excluding hydrogens is 224 g/mol. The molecule has 3 heteroatoms. The van der Waals surface area contributed by atoms with Crippen molar-refractivity contribution in [3.05, 3.63) is 54.1 Å². The molecule has 0 saturated heterocycles. The van der Waals surface area contributed by atoms with Crippen molar-refractivity contribution < 1.29 is 5.11 Å². The number of hydrogen-bond acceptors (Lipinski definition) is 3. The van der Waals surface area contributed by atoms with Crippen LogP contribution in [0.3, 0.4) is 0 Å². The van der Waals surface area contributed by atoms with Gasteiger partial charge in [0, 0.05) is 5.69 Å². The lowest BCUT2D eigenvalue weighted by Gasteiger charge is -2.19. The first-order chi connectivity index (χ1) is 8.65. The van der Waals surface area contributed by atoms with Gasteiger partial charge in [0.05, 0.1) is 11.9 Å². The number of anilines is 2. The summed E-state index contributed by atoms with van der Waals surface area (Å²) >= 11 is 0. The van der Waals surface area contributed by atoms with Crippen molar-refractivity contribution in [3.8, 4) is 5.75 Å². The monoisotopic (exact) mass is 242 g/mol. The minimum absolute atomic E-state index is 0.0287. The minimum Gasteiger partial charge on any atom is -0.506 e. The standard InChI is InChI=1S/C15H18N2O/c1-11-7-9-13(10-8-11)16-12(2)17-14-5-3-4-6-15(14)18/h3-10,12,16-18H,1-2H3. The number of para-hydroxylation sites is 2. The summed E-state index contributed by atoms with van der Waals surface area (Å²) < 4.78 is 0. The maximum Gasteiger partial charge on any atom is 0.138 e. The highest BCUT2D eigenvalue weighted by atomic mass is 16.3. The molecule has 2 aromatic rings. The molecular formula is C15H18N2O. The first-order valence-corrected chi connectivity index (χ1v) is 6.03. The lowest BCUT2D eigenvalue weighted by atomic mass is 10.2. The van der Waals surface area contributed by atoms with Crippen molar-refractivity contribution in [1.82, 2.24) is 0 Å². The number of hydrogen-bond donors (Lipinski definition) is 3. The van der Waals surface area contributed by atoms with E-state index in [-0.39, 0.29) is 11.9 Å². The summed E-state index contributed by atoms with van der Waals surface area (Å²) in [6, 6.07) is 15.4. The van der Waals surface area contributed by atoms with Crippen LogP contribution in [0.5, 0.6) is 5.75 Å². The third-order valence-corrected chi connectivity index (χ3v) is 2.71. The van der Waals surface area contributed by atoms with Gasteiger partial charge in [-0.3, -0.25) is 0 Å². The predicted molar refractivity (Wildman–Crippen MR) is 76.0 cm³/mol. The second kappa shape index (κ2) is 5.45. The highest BCUT2D eigenvalue weighted by Gasteiger charge is 2.04. The largest absolute Gasteiger partial charge is 0.506 e. The van der Waals surface area contributed by atoms with E-state index in [0.717, 1.165) is 11.4 Å². The van der Waals surface area contributed by atoms with E-state index in [9.17, 15) is 5.11 Å². The number of phenolic OH excluding ortho intramolecular Hbond substituents is 1. The summed E-state index contributed by atoms with van der Waals surface area (Å²) in [6.45, 7) is 4.07. The van der Waals surface area contributed by atoms with E-state index in [1.165, 1.54) is 5.56 Å². The summed E-state index contributed by atoms with van der Waals surface area (Å²) in [4.78, 5) is 0. The zero-order valence-corrected chi connectivity index (χ0v) is 10.6. The van der Waals surface area contributed by atoms with Gasteiger partial charge in [0.25, 0.3) is 0 Å². The molecule has 0 fully saturated rings. The van der Waals surface area contributed by atoms with Gasteiger partial charge in [0.15, 0.2) is 0 Å². The Kier molecular flexibility index (Phi) is 3.72. The minimum atomic E-state index is 0.0287. The van der Waals surface area contributed by atoms with Crippen LogP contribution in [-0.2, 0) is 0 Å². The predicted octanol–water partition coefficient (Wildman–Crippen LogP) is 3.57. The van der Waals surface area contributed by atoms with Crippen LogP contribution in [0.4, 0.5) is 11.4 Å². The molecule has 94 valence electrons. The average molecular weight is 242 g/mol. The molecule has 0 aliphatic heterocycles. The lowest BCUT2D eigenvalue weighted by Crippen LogP contribution is -2.24. The molecule has 3 N–H and O–H groups in total. The Bertz CT molecular complexity index is 508. The van der Waals surface area contributed by atoms with Gasteiger partial charge in [-0.25, -0.2) is 0 Å². The van der Waals surface area contributed by atoms with Gasteiger partial charge < -0.3 is 15.7 Å². The molecule has 0 amide bonds. The van der Waals surface area contributed by atoms with Gasteiger partial charge in [-0.15, -0.1) is 0 Å². The maximum atomic E-state index is 9.67. The van der Waals surface area contributed by atoms with Gasteiger partial charge in [-0.1, -0.05) is 29.8 Å². The Morgan fingerprint density at radius 1 is 0.944 bits per heavy atom. The maximum absolute atomic E-state index is 9.67. The fourth-order valence-electron chi connectivity index (χ4n) is 1.76. The van der Waals surface area contributed by atoms with Crippen molar-refractivity contribution in [2.75, 3.05) is 10.6 Å². The van der Waals surface area contributed by atoms with Gasteiger partial charge in [0.2, 0.25) is 0 Å². The van der Waals surface area contributed by atoms with Crippen molar-refractivity contribution in [2.24, 2.45) is 0 Å². The van der Waals surface area contributed by atoms with E-state index < -0.39 is 0 Å². The molecule has 0 heterocycles. The Balaban J connectivity index is 1.99. The molecule has 0 radical (unpaired) electrons. The van der Waals surface area contributed by atoms with Gasteiger partial charge in [-0.05, 0) is 38.1 Å². The van der Waals surface area contributed by atoms with E-state index in [1.807, 2.05) is 31.2 Å². The fraction of sp³-hybridized carbons (Fsp3) is 0.200. The summed E-state index contributed by atoms with van der Waals surface area (Å²) in [6.07, 6.45) is 0.0287. The highest BCUT2D eigenvalue weighted by molar-refractivity contribution is 5.57. The van der Waals surface area contributed by atoms with Crippen LogP contribution in [0.25, 0.3) is 0 Å². The van der Waals surface area contributed by atoms with Gasteiger partial charge in [0.1, 0.15) is 5.75 Å². The normalized spacial score (nSPS) is 11.9.